The van der Waals surface area contributed by atoms with Gasteiger partial charge in [0.2, 0.25) is 0 Å². The van der Waals surface area contributed by atoms with Gasteiger partial charge in [-0.3, -0.25) is 0 Å². The van der Waals surface area contributed by atoms with Crippen LogP contribution in [0.4, 0.5) is 5.69 Å². The van der Waals surface area contributed by atoms with Crippen molar-refractivity contribution in [2.75, 3.05) is 32.3 Å². The summed E-state index contributed by atoms with van der Waals surface area (Å²) in [4.78, 5) is 6.06. The van der Waals surface area contributed by atoms with Crippen LogP contribution < -0.4 is 14.4 Å². The number of benzene rings is 1. The van der Waals surface area contributed by atoms with Crippen LogP contribution in [0.15, 0.2) is 18.3 Å². The van der Waals surface area contributed by atoms with E-state index >= 15 is 0 Å². The fourth-order valence-corrected chi connectivity index (χ4v) is 4.64. The molecule has 1 N–H and O–H groups in total. The maximum absolute atomic E-state index is 11.4. The van der Waals surface area contributed by atoms with Crippen molar-refractivity contribution >= 4 is 52.1 Å². The second-order valence-corrected chi connectivity index (χ2v) is 7.89. The van der Waals surface area contributed by atoms with Crippen LogP contribution in [0, 0.1) is 0 Å². The molecule has 2 atom stereocenters. The summed E-state index contributed by atoms with van der Waals surface area (Å²) in [6.45, 7) is 1.11. The van der Waals surface area contributed by atoms with E-state index in [0.717, 1.165) is 17.7 Å². The number of rotatable bonds is 4. The highest BCUT2D eigenvalue weighted by molar-refractivity contribution is 6.40. The molecule has 9 heteroatoms. The second-order valence-electron chi connectivity index (χ2n) is 6.75. The maximum Gasteiger partial charge on any atom is 0.154 e. The van der Waals surface area contributed by atoms with Gasteiger partial charge in [-0.15, -0.1) is 0 Å². The first-order valence-corrected chi connectivity index (χ1v) is 10.1. The van der Waals surface area contributed by atoms with E-state index in [-0.39, 0.29) is 16.1 Å². The number of methoxy groups -OCH3 is 2. The molecule has 1 aromatic heterocycles. The molecule has 0 radical (unpaired) electrons. The molecule has 2 aliphatic heterocycles. The van der Waals surface area contributed by atoms with Crippen molar-refractivity contribution in [3.8, 4) is 11.5 Å². The minimum Gasteiger partial charge on any atom is -0.495 e. The molecule has 2 aromatic rings. The highest BCUT2D eigenvalue weighted by atomic mass is 35.5. The molecule has 0 aliphatic carbocycles. The van der Waals surface area contributed by atoms with E-state index in [1.54, 1.807) is 18.3 Å². The molecule has 0 saturated carbocycles. The lowest BCUT2D eigenvalue weighted by Gasteiger charge is -2.40. The van der Waals surface area contributed by atoms with Crippen molar-refractivity contribution in [1.29, 1.82) is 0 Å². The monoisotopic (exact) mass is 456 g/mol. The van der Waals surface area contributed by atoms with E-state index in [1.165, 1.54) is 14.2 Å². The third-order valence-electron chi connectivity index (χ3n) is 5.17. The summed E-state index contributed by atoms with van der Waals surface area (Å²) in [5, 5.41) is 12.3. The van der Waals surface area contributed by atoms with Gasteiger partial charge in [0.25, 0.3) is 0 Å². The smallest absolute Gasteiger partial charge is 0.154 e. The number of anilines is 1. The Morgan fingerprint density at radius 2 is 1.83 bits per heavy atom. The van der Waals surface area contributed by atoms with Gasteiger partial charge >= 0.3 is 0 Å². The largest absolute Gasteiger partial charge is 0.495 e. The Morgan fingerprint density at radius 1 is 1.14 bits per heavy atom. The van der Waals surface area contributed by atoms with E-state index in [9.17, 15) is 5.11 Å². The third-order valence-corrected chi connectivity index (χ3v) is 6.13. The summed E-state index contributed by atoms with van der Waals surface area (Å²) >= 11 is 19.3. The molecule has 3 heterocycles. The van der Waals surface area contributed by atoms with E-state index < -0.39 is 6.23 Å². The van der Waals surface area contributed by atoms with Crippen molar-refractivity contribution in [2.45, 2.75) is 18.7 Å². The molecule has 2 aliphatic rings. The number of hydrogen-bond acceptors (Lipinski definition) is 6. The highest BCUT2D eigenvalue weighted by Gasteiger charge is 2.37. The van der Waals surface area contributed by atoms with E-state index in [0.29, 0.717) is 41.0 Å². The molecule has 1 aromatic carbocycles. The van der Waals surface area contributed by atoms with Gasteiger partial charge in [0, 0.05) is 35.6 Å². The van der Waals surface area contributed by atoms with Crippen LogP contribution >= 0.6 is 34.8 Å². The van der Waals surface area contributed by atoms with Crippen molar-refractivity contribution in [2.24, 2.45) is 0 Å². The molecule has 0 bridgehead atoms. The summed E-state index contributed by atoms with van der Waals surface area (Å²) in [5.74, 6) is 0.790. The van der Waals surface area contributed by atoms with Gasteiger partial charge in [0.15, 0.2) is 6.23 Å². The Hall–Kier alpha value is -1.70. The normalized spacial score (nSPS) is 21.0. The zero-order valence-corrected chi connectivity index (χ0v) is 18.1. The fourth-order valence-electron chi connectivity index (χ4n) is 3.77. The number of fused-ring (bicyclic) bond motifs is 1. The van der Waals surface area contributed by atoms with Crippen LogP contribution in [0.25, 0.3) is 11.6 Å². The molecule has 4 rings (SSSR count). The van der Waals surface area contributed by atoms with E-state index in [4.69, 9.17) is 49.0 Å². The minimum absolute atomic E-state index is 0.0315. The van der Waals surface area contributed by atoms with Gasteiger partial charge in [-0.1, -0.05) is 34.8 Å². The number of pyridine rings is 1. The molecule has 6 nitrogen and oxygen atoms in total. The lowest BCUT2D eigenvalue weighted by atomic mass is 9.94. The van der Waals surface area contributed by atoms with E-state index in [1.807, 2.05) is 11.0 Å². The van der Waals surface area contributed by atoms with Gasteiger partial charge in [0.05, 0.1) is 42.6 Å². The van der Waals surface area contributed by atoms with Crippen molar-refractivity contribution in [3.05, 3.63) is 44.7 Å². The zero-order valence-electron chi connectivity index (χ0n) is 15.8. The second kappa shape index (κ2) is 8.20. The van der Waals surface area contributed by atoms with Gasteiger partial charge < -0.3 is 24.2 Å². The van der Waals surface area contributed by atoms with Crippen LogP contribution in [-0.4, -0.2) is 49.8 Å². The maximum atomic E-state index is 11.4. The lowest BCUT2D eigenvalue weighted by Crippen LogP contribution is -2.46. The Balaban J connectivity index is 1.94. The van der Waals surface area contributed by atoms with Gasteiger partial charge in [-0.25, -0.2) is 4.98 Å². The molecule has 154 valence electrons. The molecule has 29 heavy (non-hydrogen) atoms. The van der Waals surface area contributed by atoms with Crippen molar-refractivity contribution in [1.82, 2.24) is 4.98 Å². The first-order valence-electron chi connectivity index (χ1n) is 8.97. The molecule has 0 spiro atoms. The summed E-state index contributed by atoms with van der Waals surface area (Å²) < 4.78 is 16.3. The van der Waals surface area contributed by atoms with Crippen molar-refractivity contribution < 1.29 is 19.3 Å². The van der Waals surface area contributed by atoms with Crippen LogP contribution in [0.2, 0.25) is 15.2 Å². The Morgan fingerprint density at radius 3 is 2.41 bits per heavy atom. The first-order chi connectivity index (χ1) is 14.0. The Labute approximate surface area is 183 Å². The standard InChI is InChI=1S/C20H19Cl3N2O4/c1-27-14-7-15(28-2)19(23)17(18(14)22)12-5-10-8-24-16(21)6-13(10)25(20(12)26)11-3-4-29-9-11/h5-8,11,20,26H,3-4,9H2,1-2H3. The third kappa shape index (κ3) is 3.53. The predicted molar refractivity (Wildman–Crippen MR) is 114 cm³/mol. The van der Waals surface area contributed by atoms with E-state index in [2.05, 4.69) is 4.98 Å². The van der Waals surface area contributed by atoms with Gasteiger partial charge in [-0.2, -0.15) is 0 Å². The fraction of sp³-hybridized carbons (Fsp3) is 0.350. The summed E-state index contributed by atoms with van der Waals surface area (Å²) in [5.41, 5.74) is 2.52. The number of aromatic nitrogens is 1. The average Bonchev–Trinajstić information content (AvgIpc) is 3.23. The minimum atomic E-state index is -1.03. The Kier molecular flexibility index (Phi) is 5.82. The summed E-state index contributed by atoms with van der Waals surface area (Å²) in [6, 6.07) is 3.32. The van der Waals surface area contributed by atoms with Crippen LogP contribution in [0.5, 0.6) is 11.5 Å². The predicted octanol–water partition coefficient (Wildman–Crippen LogP) is 4.53. The number of aliphatic hydroxyl groups excluding tert-OH is 1. The van der Waals surface area contributed by atoms with Crippen LogP contribution in [0.3, 0.4) is 0 Å². The molecular weight excluding hydrogens is 439 g/mol. The molecule has 1 fully saturated rings. The summed E-state index contributed by atoms with van der Waals surface area (Å²) in [6.07, 6.45) is 3.21. The Bertz CT molecular complexity index is 948. The summed E-state index contributed by atoms with van der Waals surface area (Å²) in [7, 11) is 3.01. The quantitative estimate of drug-likeness (QED) is 0.681. The van der Waals surface area contributed by atoms with Crippen molar-refractivity contribution in [3.63, 3.8) is 0 Å². The first kappa shape index (κ1) is 20.6. The van der Waals surface area contributed by atoms with Crippen LogP contribution in [0.1, 0.15) is 17.5 Å². The number of nitrogens with zero attached hydrogens (tertiary/aromatic N) is 2. The zero-order chi connectivity index (χ0) is 20.7. The SMILES string of the molecule is COc1cc(OC)c(Cl)c(C2=Cc3cnc(Cl)cc3N(C3CCOC3)C2O)c1Cl. The molecule has 2 unspecified atom stereocenters. The van der Waals surface area contributed by atoms with Gasteiger partial charge in [0.1, 0.15) is 16.7 Å². The number of halogens is 3. The topological polar surface area (TPSA) is 64.1 Å². The lowest BCUT2D eigenvalue weighted by molar-refractivity contribution is 0.176. The molecule has 1 saturated heterocycles. The van der Waals surface area contributed by atoms with Crippen LogP contribution in [-0.2, 0) is 4.74 Å². The number of ether oxygens (including phenoxy) is 3. The molecular formula is C20H19Cl3N2O4. The molecule has 0 amide bonds. The number of hydrogen-bond donors (Lipinski definition) is 1. The number of aliphatic hydroxyl groups is 1. The van der Waals surface area contributed by atoms with Gasteiger partial charge in [-0.05, 0) is 18.6 Å². The average molecular weight is 458 g/mol. The highest BCUT2D eigenvalue weighted by Crippen LogP contribution is 2.48.